The van der Waals surface area contributed by atoms with Gasteiger partial charge in [0.1, 0.15) is 5.82 Å². The molecule has 6 heteroatoms. The van der Waals surface area contributed by atoms with E-state index in [-0.39, 0.29) is 0 Å². The molecule has 124 valence electrons. The van der Waals surface area contributed by atoms with Crippen LogP contribution < -0.4 is 5.32 Å². The van der Waals surface area contributed by atoms with E-state index in [2.05, 4.69) is 50.3 Å². The van der Waals surface area contributed by atoms with Crippen LogP contribution in [0.4, 0.5) is 0 Å². The third-order valence-corrected chi connectivity index (χ3v) is 4.46. The number of rotatable bonds is 5. The van der Waals surface area contributed by atoms with Crippen molar-refractivity contribution in [3.63, 3.8) is 0 Å². The summed E-state index contributed by atoms with van der Waals surface area (Å²) in [5.41, 5.74) is 2.14. The van der Waals surface area contributed by atoms with Crippen LogP contribution in [0.1, 0.15) is 30.7 Å². The Hall–Kier alpha value is -2.47. The Morgan fingerprint density at radius 1 is 1.17 bits per heavy atom. The summed E-state index contributed by atoms with van der Waals surface area (Å²) >= 11 is 0. The maximum atomic E-state index is 4.65. The lowest BCUT2D eigenvalue weighted by Gasteiger charge is -2.23. The van der Waals surface area contributed by atoms with E-state index in [9.17, 15) is 0 Å². The molecule has 1 aliphatic heterocycles. The van der Waals surface area contributed by atoms with Crippen molar-refractivity contribution >= 4 is 0 Å². The Morgan fingerprint density at radius 2 is 2.04 bits per heavy atom. The van der Waals surface area contributed by atoms with Gasteiger partial charge in [0, 0.05) is 31.6 Å². The molecule has 4 rings (SSSR count). The van der Waals surface area contributed by atoms with Crippen LogP contribution in [0, 0.1) is 0 Å². The van der Waals surface area contributed by atoms with Gasteiger partial charge in [-0.3, -0.25) is 0 Å². The molecule has 24 heavy (non-hydrogen) atoms. The van der Waals surface area contributed by atoms with Crippen molar-refractivity contribution < 1.29 is 0 Å². The van der Waals surface area contributed by atoms with Gasteiger partial charge in [-0.15, -0.1) is 0 Å². The number of aryl methyl sites for hydroxylation is 2. The molecule has 6 nitrogen and oxygen atoms in total. The van der Waals surface area contributed by atoms with Crippen LogP contribution >= 0.6 is 0 Å². The van der Waals surface area contributed by atoms with Crippen molar-refractivity contribution in [3.05, 3.63) is 59.9 Å². The summed E-state index contributed by atoms with van der Waals surface area (Å²) in [6.45, 7) is 3.76. The van der Waals surface area contributed by atoms with Crippen LogP contribution in [-0.2, 0) is 25.9 Å². The van der Waals surface area contributed by atoms with Gasteiger partial charge in [0.2, 0.25) is 0 Å². The van der Waals surface area contributed by atoms with E-state index in [1.165, 1.54) is 0 Å². The second kappa shape index (κ2) is 6.57. The highest BCUT2D eigenvalue weighted by atomic mass is 15.4. The molecule has 0 saturated heterocycles. The molecule has 1 aliphatic rings. The number of hydrogen-bond donors (Lipinski definition) is 1. The number of para-hydroxylation sites is 1. The number of hydrogen-bond acceptors (Lipinski definition) is 4. The lowest BCUT2D eigenvalue weighted by molar-refractivity contribution is 0.356. The van der Waals surface area contributed by atoms with Gasteiger partial charge in [0.05, 0.1) is 17.9 Å². The minimum atomic E-state index is 0.422. The number of fused-ring (bicyclic) bond motifs is 1. The lowest BCUT2D eigenvalue weighted by atomic mass is 10.1. The average molecular weight is 322 g/mol. The smallest absolute Gasteiger partial charge is 0.150 e. The molecule has 0 fully saturated rings. The van der Waals surface area contributed by atoms with Gasteiger partial charge in [-0.1, -0.05) is 25.1 Å². The molecule has 1 aromatic carbocycles. The Morgan fingerprint density at radius 3 is 2.88 bits per heavy atom. The first-order valence-corrected chi connectivity index (χ1v) is 8.58. The summed E-state index contributed by atoms with van der Waals surface area (Å²) in [7, 11) is 0. The van der Waals surface area contributed by atoms with Crippen LogP contribution in [0.3, 0.4) is 0 Å². The molecule has 3 heterocycles. The van der Waals surface area contributed by atoms with Gasteiger partial charge >= 0.3 is 0 Å². The van der Waals surface area contributed by atoms with Crippen molar-refractivity contribution in [1.82, 2.24) is 29.9 Å². The molecule has 1 N–H and O–H groups in total. The molecule has 0 radical (unpaired) electrons. The molecule has 1 atom stereocenters. The fourth-order valence-corrected chi connectivity index (χ4v) is 3.11. The number of benzene rings is 1. The first kappa shape index (κ1) is 15.1. The number of nitrogens with one attached hydrogen (secondary N) is 1. The molecule has 0 unspecified atom stereocenters. The fraction of sp³-hybridized carbons (Fsp3) is 0.389. The molecule has 0 aliphatic carbocycles. The predicted molar refractivity (Wildman–Crippen MR) is 91.9 cm³/mol. The van der Waals surface area contributed by atoms with Crippen LogP contribution in [0.25, 0.3) is 5.69 Å². The van der Waals surface area contributed by atoms with Crippen LogP contribution in [0.5, 0.6) is 0 Å². The van der Waals surface area contributed by atoms with Gasteiger partial charge in [0.15, 0.2) is 5.82 Å². The maximum Gasteiger partial charge on any atom is 0.150 e. The van der Waals surface area contributed by atoms with Crippen molar-refractivity contribution in [2.45, 2.75) is 45.3 Å². The van der Waals surface area contributed by atoms with E-state index < -0.39 is 0 Å². The zero-order valence-electron chi connectivity index (χ0n) is 13.9. The molecular weight excluding hydrogens is 300 g/mol. The highest BCUT2D eigenvalue weighted by Crippen LogP contribution is 2.14. The zero-order chi connectivity index (χ0) is 16.4. The summed E-state index contributed by atoms with van der Waals surface area (Å²) in [5, 5.41) is 12.8. The van der Waals surface area contributed by atoms with Crippen LogP contribution in [0.15, 0.2) is 42.6 Å². The van der Waals surface area contributed by atoms with Gasteiger partial charge < -0.3 is 5.32 Å². The summed E-state index contributed by atoms with van der Waals surface area (Å²) in [4.78, 5) is 4.57. The second-order valence-electron chi connectivity index (χ2n) is 6.18. The predicted octanol–water partition coefficient (Wildman–Crippen LogP) is 2.13. The molecule has 0 amide bonds. The average Bonchev–Trinajstić information content (AvgIpc) is 3.27. The molecule has 0 bridgehead atoms. The van der Waals surface area contributed by atoms with E-state index in [4.69, 9.17) is 0 Å². The monoisotopic (exact) mass is 322 g/mol. The first-order valence-electron chi connectivity index (χ1n) is 8.58. The van der Waals surface area contributed by atoms with Crippen molar-refractivity contribution in [3.8, 4) is 5.69 Å². The largest absolute Gasteiger partial charge is 0.306 e. The van der Waals surface area contributed by atoms with E-state index in [1.54, 1.807) is 0 Å². The van der Waals surface area contributed by atoms with Crippen molar-refractivity contribution in [1.29, 1.82) is 0 Å². The summed E-state index contributed by atoms with van der Waals surface area (Å²) in [6.07, 6.45) is 5.00. The number of nitrogens with zero attached hydrogens (tertiary/aromatic N) is 5. The SMILES string of the molecule is CCc1nc2n(n1)C[C@H](NCc1ccn(-c3ccccc3)n1)CC2. The maximum absolute atomic E-state index is 4.65. The quantitative estimate of drug-likeness (QED) is 0.782. The Labute approximate surface area is 141 Å². The van der Waals surface area contributed by atoms with Gasteiger partial charge in [-0.25, -0.2) is 14.3 Å². The van der Waals surface area contributed by atoms with Crippen molar-refractivity contribution in [2.24, 2.45) is 0 Å². The second-order valence-corrected chi connectivity index (χ2v) is 6.18. The summed E-state index contributed by atoms with van der Waals surface area (Å²) < 4.78 is 3.98. The summed E-state index contributed by atoms with van der Waals surface area (Å²) in [5.74, 6) is 2.07. The van der Waals surface area contributed by atoms with Crippen molar-refractivity contribution in [2.75, 3.05) is 0 Å². The standard InChI is InChI=1S/C18H22N6/c1-2-17-20-18-9-8-15(13-24(18)22-17)19-12-14-10-11-23(21-14)16-6-4-3-5-7-16/h3-7,10-11,15,19H,2,8-9,12-13H2,1H3/t15-/m1/s1. The van der Waals surface area contributed by atoms with E-state index in [0.717, 1.165) is 55.4 Å². The summed E-state index contributed by atoms with van der Waals surface area (Å²) in [6, 6.07) is 12.7. The Kier molecular flexibility index (Phi) is 4.13. The zero-order valence-corrected chi connectivity index (χ0v) is 13.9. The molecular formula is C18H22N6. The third kappa shape index (κ3) is 3.10. The van der Waals surface area contributed by atoms with Crippen LogP contribution in [-0.4, -0.2) is 30.6 Å². The highest BCUT2D eigenvalue weighted by Gasteiger charge is 2.21. The van der Waals surface area contributed by atoms with E-state index >= 15 is 0 Å². The normalized spacial score (nSPS) is 17.0. The molecule has 0 spiro atoms. The molecule has 0 saturated carbocycles. The highest BCUT2D eigenvalue weighted by molar-refractivity contribution is 5.30. The van der Waals surface area contributed by atoms with Crippen LogP contribution in [0.2, 0.25) is 0 Å². The Bertz CT molecular complexity index is 804. The number of aromatic nitrogens is 5. The lowest BCUT2D eigenvalue weighted by Crippen LogP contribution is -2.37. The Balaban J connectivity index is 1.37. The van der Waals surface area contributed by atoms with Gasteiger partial charge in [-0.2, -0.15) is 10.2 Å². The van der Waals surface area contributed by atoms with Gasteiger partial charge in [0.25, 0.3) is 0 Å². The minimum Gasteiger partial charge on any atom is -0.306 e. The first-order chi connectivity index (χ1) is 11.8. The molecule has 2 aromatic heterocycles. The topological polar surface area (TPSA) is 60.6 Å². The van der Waals surface area contributed by atoms with Gasteiger partial charge in [-0.05, 0) is 24.6 Å². The fourth-order valence-electron chi connectivity index (χ4n) is 3.11. The molecule has 3 aromatic rings. The van der Waals surface area contributed by atoms with E-state index in [1.807, 2.05) is 29.1 Å². The third-order valence-electron chi connectivity index (χ3n) is 4.46. The minimum absolute atomic E-state index is 0.422. The van der Waals surface area contributed by atoms with E-state index in [0.29, 0.717) is 6.04 Å².